The Kier molecular flexibility index (Phi) is 9.10. The second-order valence-corrected chi connectivity index (χ2v) is 10.5. The number of halogens is 3. The molecule has 0 aliphatic heterocycles. The zero-order valence-corrected chi connectivity index (χ0v) is 20.7. The van der Waals surface area contributed by atoms with Crippen LogP contribution in [-0.4, -0.2) is 41.8 Å². The van der Waals surface area contributed by atoms with Crippen LogP contribution in [0.15, 0.2) is 35.2 Å². The van der Waals surface area contributed by atoms with Crippen molar-refractivity contribution in [2.45, 2.75) is 63.1 Å². The minimum atomic E-state index is -4.52. The van der Waals surface area contributed by atoms with E-state index in [0.717, 1.165) is 6.07 Å². The quantitative estimate of drug-likeness (QED) is 0.244. The summed E-state index contributed by atoms with van der Waals surface area (Å²) in [6.07, 6.45) is -3.05. The molecule has 0 aliphatic carbocycles. The van der Waals surface area contributed by atoms with Crippen molar-refractivity contribution in [1.82, 2.24) is 10.9 Å². The second-order valence-electron chi connectivity index (χ2n) is 9.12. The SMILES string of the molecule is Cc1ccc(S(=O)(=O)O)cc1CC(O)CC(C(=O)NNC(=O)OC(C)(C)C)c1cc(F)c(F)c(F)c1. The van der Waals surface area contributed by atoms with Crippen LogP contribution < -0.4 is 10.9 Å². The molecule has 0 fully saturated rings. The Morgan fingerprint density at radius 3 is 2.17 bits per heavy atom. The van der Waals surface area contributed by atoms with Gasteiger partial charge in [0, 0.05) is 0 Å². The van der Waals surface area contributed by atoms with E-state index in [1.54, 1.807) is 27.7 Å². The van der Waals surface area contributed by atoms with Gasteiger partial charge in [-0.3, -0.25) is 14.8 Å². The van der Waals surface area contributed by atoms with Crippen molar-refractivity contribution in [2.24, 2.45) is 0 Å². The van der Waals surface area contributed by atoms with Gasteiger partial charge >= 0.3 is 6.09 Å². The monoisotopic (exact) mass is 532 g/mol. The molecule has 0 spiro atoms. The molecule has 0 heterocycles. The number of carbonyl (C=O) groups is 2. The van der Waals surface area contributed by atoms with Crippen LogP contribution in [0.4, 0.5) is 18.0 Å². The normalized spacial score (nSPS) is 13.6. The highest BCUT2D eigenvalue weighted by atomic mass is 32.2. The third-order valence-electron chi connectivity index (χ3n) is 4.99. The Hall–Kier alpha value is -3.16. The summed E-state index contributed by atoms with van der Waals surface area (Å²) in [5.74, 6) is -7.33. The Morgan fingerprint density at radius 2 is 1.64 bits per heavy atom. The number of rotatable bonds is 7. The lowest BCUT2D eigenvalue weighted by Gasteiger charge is -2.23. The van der Waals surface area contributed by atoms with Crippen LogP contribution in [0.3, 0.4) is 0 Å². The summed E-state index contributed by atoms with van der Waals surface area (Å²) in [5, 5.41) is 10.7. The van der Waals surface area contributed by atoms with Crippen LogP contribution in [0.5, 0.6) is 0 Å². The van der Waals surface area contributed by atoms with E-state index >= 15 is 0 Å². The molecule has 2 aromatic carbocycles. The fraction of sp³-hybridized carbons (Fsp3) is 0.391. The van der Waals surface area contributed by atoms with Gasteiger partial charge in [-0.15, -0.1) is 0 Å². The lowest BCUT2D eigenvalue weighted by atomic mass is 9.89. The minimum Gasteiger partial charge on any atom is -0.443 e. The number of amides is 2. The number of hydrogen-bond donors (Lipinski definition) is 4. The highest BCUT2D eigenvalue weighted by Gasteiger charge is 2.28. The van der Waals surface area contributed by atoms with Crippen LogP contribution in [0.2, 0.25) is 0 Å². The van der Waals surface area contributed by atoms with E-state index in [2.05, 4.69) is 0 Å². The van der Waals surface area contributed by atoms with Crippen LogP contribution >= 0.6 is 0 Å². The predicted molar refractivity (Wildman–Crippen MR) is 122 cm³/mol. The van der Waals surface area contributed by atoms with Gasteiger partial charge in [-0.05, 0) is 81.5 Å². The topological polar surface area (TPSA) is 142 Å². The second kappa shape index (κ2) is 11.3. The van der Waals surface area contributed by atoms with Gasteiger partial charge in [0.2, 0.25) is 5.91 Å². The maximum Gasteiger partial charge on any atom is 0.426 e. The first kappa shape index (κ1) is 29.1. The molecule has 36 heavy (non-hydrogen) atoms. The fourth-order valence-corrected chi connectivity index (χ4v) is 3.84. The molecule has 0 saturated heterocycles. The Labute approximate surface area is 206 Å². The zero-order chi connectivity index (χ0) is 27.4. The maximum absolute atomic E-state index is 13.9. The van der Waals surface area contributed by atoms with E-state index in [0.29, 0.717) is 23.3 Å². The van der Waals surface area contributed by atoms with Crippen molar-refractivity contribution in [3.8, 4) is 0 Å². The van der Waals surface area contributed by atoms with Crippen molar-refractivity contribution < 1.29 is 45.6 Å². The van der Waals surface area contributed by atoms with Gasteiger partial charge in [0.05, 0.1) is 16.9 Å². The number of aliphatic hydroxyl groups is 1. The number of nitrogens with one attached hydrogen (secondary N) is 2. The molecule has 0 saturated carbocycles. The molecule has 9 nitrogen and oxygen atoms in total. The standard InChI is InChI=1S/C23H27F3N2O7S/c1-12-5-6-16(36(32,33)34)8-13(12)7-15(29)11-17(14-9-18(24)20(26)19(25)10-14)21(30)27-28-22(31)35-23(2,3)4/h5-6,8-10,15,17,29H,7,11H2,1-4H3,(H,27,30)(H,28,31)(H,32,33,34). The minimum absolute atomic E-state index is 0.204. The number of aryl methyl sites for hydroxylation is 1. The maximum atomic E-state index is 13.9. The van der Waals surface area contributed by atoms with E-state index in [1.165, 1.54) is 12.1 Å². The average Bonchev–Trinajstić information content (AvgIpc) is 2.73. The first-order valence-corrected chi connectivity index (χ1v) is 12.1. The highest BCUT2D eigenvalue weighted by Crippen LogP contribution is 2.27. The van der Waals surface area contributed by atoms with Gasteiger partial charge in [0.25, 0.3) is 10.1 Å². The summed E-state index contributed by atoms with van der Waals surface area (Å²) in [4.78, 5) is 24.3. The van der Waals surface area contributed by atoms with Gasteiger partial charge in [-0.2, -0.15) is 8.42 Å². The molecule has 0 aliphatic rings. The van der Waals surface area contributed by atoms with Crippen molar-refractivity contribution in [3.05, 3.63) is 64.5 Å². The molecule has 4 N–H and O–H groups in total. The molecule has 0 radical (unpaired) electrons. The molecule has 2 rings (SSSR count). The van der Waals surface area contributed by atoms with Gasteiger partial charge in [0.1, 0.15) is 5.60 Å². The number of hydrogen-bond acceptors (Lipinski definition) is 6. The molecule has 2 unspecified atom stereocenters. The summed E-state index contributed by atoms with van der Waals surface area (Å²) in [6, 6.07) is 4.90. The largest absolute Gasteiger partial charge is 0.443 e. The van der Waals surface area contributed by atoms with Crippen LogP contribution in [0.25, 0.3) is 0 Å². The van der Waals surface area contributed by atoms with Crippen molar-refractivity contribution in [1.29, 1.82) is 0 Å². The average molecular weight is 533 g/mol. The zero-order valence-electron chi connectivity index (χ0n) is 19.9. The van der Waals surface area contributed by atoms with E-state index < -0.39 is 68.5 Å². The molecule has 198 valence electrons. The molecule has 0 bridgehead atoms. The van der Waals surface area contributed by atoms with Gasteiger partial charge in [0.15, 0.2) is 17.5 Å². The van der Waals surface area contributed by atoms with E-state index in [4.69, 9.17) is 4.74 Å². The predicted octanol–water partition coefficient (Wildman–Crippen LogP) is 3.29. The smallest absolute Gasteiger partial charge is 0.426 e. The van der Waals surface area contributed by atoms with Gasteiger partial charge < -0.3 is 9.84 Å². The van der Waals surface area contributed by atoms with Crippen molar-refractivity contribution >= 4 is 22.1 Å². The van der Waals surface area contributed by atoms with E-state index in [-0.39, 0.29) is 12.0 Å². The summed E-state index contributed by atoms with van der Waals surface area (Å²) in [6.45, 7) is 6.36. The number of hydrazine groups is 1. The van der Waals surface area contributed by atoms with Crippen LogP contribution in [0, 0.1) is 24.4 Å². The van der Waals surface area contributed by atoms with Crippen molar-refractivity contribution in [3.63, 3.8) is 0 Å². The number of ether oxygens (including phenoxy) is 1. The Morgan fingerprint density at radius 1 is 1.06 bits per heavy atom. The number of carbonyl (C=O) groups excluding carboxylic acids is 2. The van der Waals surface area contributed by atoms with Crippen LogP contribution in [0.1, 0.15) is 49.8 Å². The third kappa shape index (κ3) is 8.21. The molecular weight excluding hydrogens is 505 g/mol. The molecule has 2 atom stereocenters. The Bertz CT molecular complexity index is 1220. The summed E-state index contributed by atoms with van der Waals surface area (Å²) in [5.41, 5.74) is 3.70. The third-order valence-corrected chi connectivity index (χ3v) is 5.84. The molecule has 2 amide bonds. The first-order chi connectivity index (χ1) is 16.5. The highest BCUT2D eigenvalue weighted by molar-refractivity contribution is 7.85. The van der Waals surface area contributed by atoms with E-state index in [9.17, 15) is 40.8 Å². The van der Waals surface area contributed by atoms with Gasteiger partial charge in [-0.25, -0.2) is 23.4 Å². The first-order valence-electron chi connectivity index (χ1n) is 10.7. The van der Waals surface area contributed by atoms with Crippen molar-refractivity contribution in [2.75, 3.05) is 0 Å². The number of aliphatic hydroxyl groups excluding tert-OH is 1. The summed E-state index contributed by atoms with van der Waals surface area (Å²) < 4.78 is 78.3. The molecule has 2 aromatic rings. The van der Waals surface area contributed by atoms with E-state index in [1.807, 2.05) is 10.9 Å². The fourth-order valence-electron chi connectivity index (χ4n) is 3.31. The molecule has 0 aromatic heterocycles. The summed E-state index contributed by atoms with van der Waals surface area (Å²) >= 11 is 0. The molecular formula is C23H27F3N2O7S. The lowest BCUT2D eigenvalue weighted by molar-refractivity contribution is -0.124. The Balaban J connectivity index is 2.30. The number of benzene rings is 2. The van der Waals surface area contributed by atoms with Crippen LogP contribution in [-0.2, 0) is 26.1 Å². The summed E-state index contributed by atoms with van der Waals surface area (Å²) in [7, 11) is -4.52. The molecule has 13 heteroatoms. The van der Waals surface area contributed by atoms with Gasteiger partial charge in [-0.1, -0.05) is 6.07 Å². The lowest BCUT2D eigenvalue weighted by Crippen LogP contribution is -2.46.